The molecule has 4 N–H and O–H groups in total. The minimum atomic E-state index is -1.15. The third-order valence-corrected chi connectivity index (χ3v) is 5.54. The fourth-order valence-electron chi connectivity index (χ4n) is 3.46. The maximum absolute atomic E-state index is 13.0. The summed E-state index contributed by atoms with van der Waals surface area (Å²) in [6.45, 7) is 13.9. The second-order valence-electron chi connectivity index (χ2n) is 9.88. The normalized spacial score (nSPS) is 20.5. The maximum atomic E-state index is 13.0. The van der Waals surface area contributed by atoms with Crippen LogP contribution in [0, 0.1) is 11.8 Å². The number of nitrogens with zero attached hydrogens (tertiary/aromatic N) is 3. The Morgan fingerprint density at radius 2 is 1.83 bits per heavy atom. The Labute approximate surface area is 178 Å². The Morgan fingerprint density at radius 1 is 1.20 bits per heavy atom. The number of nitrogens with two attached hydrogens (primary N) is 1. The lowest BCUT2D eigenvalue weighted by Gasteiger charge is -2.31. The molecule has 9 nitrogen and oxygen atoms in total. The Hall–Kier alpha value is -2.00. The number of amides is 2. The van der Waals surface area contributed by atoms with Crippen molar-refractivity contribution in [3.63, 3.8) is 0 Å². The van der Waals surface area contributed by atoms with Crippen molar-refractivity contribution in [2.75, 3.05) is 6.54 Å². The van der Waals surface area contributed by atoms with Gasteiger partial charge in [0.2, 0.25) is 23.6 Å². The highest BCUT2D eigenvalue weighted by Gasteiger charge is 2.39. The van der Waals surface area contributed by atoms with Crippen molar-refractivity contribution in [1.29, 1.82) is 0 Å². The smallest absolute Gasteiger partial charge is 0.247 e. The second-order valence-corrected chi connectivity index (χ2v) is 9.88. The van der Waals surface area contributed by atoms with Gasteiger partial charge in [0, 0.05) is 12.0 Å². The predicted octanol–water partition coefficient (Wildman–Crippen LogP) is 1.52. The van der Waals surface area contributed by atoms with Crippen LogP contribution in [0.15, 0.2) is 4.42 Å². The van der Waals surface area contributed by atoms with E-state index in [2.05, 4.69) is 15.5 Å². The summed E-state index contributed by atoms with van der Waals surface area (Å²) in [4.78, 5) is 27.3. The SMILES string of the molecule is CC(C)[C@H](NC(=O)[C@@H]1CCCN1C(=O)[C@@H](N)C(C)C)C(O)c1nnc(C(C)(C)C)o1. The summed E-state index contributed by atoms with van der Waals surface area (Å²) in [5, 5.41) is 21.8. The van der Waals surface area contributed by atoms with E-state index in [-0.39, 0.29) is 35.0 Å². The average molecular weight is 424 g/mol. The minimum Gasteiger partial charge on any atom is -0.422 e. The molecule has 170 valence electrons. The van der Waals surface area contributed by atoms with Gasteiger partial charge in [-0.05, 0) is 24.7 Å². The molecule has 0 saturated carbocycles. The Kier molecular flexibility index (Phi) is 7.63. The molecule has 4 atom stereocenters. The van der Waals surface area contributed by atoms with E-state index in [4.69, 9.17) is 10.2 Å². The molecule has 2 rings (SSSR count). The van der Waals surface area contributed by atoms with Crippen LogP contribution in [0.25, 0.3) is 0 Å². The number of hydrogen-bond donors (Lipinski definition) is 3. The van der Waals surface area contributed by atoms with Gasteiger partial charge in [-0.25, -0.2) is 0 Å². The third-order valence-electron chi connectivity index (χ3n) is 5.54. The lowest BCUT2D eigenvalue weighted by atomic mass is 9.97. The number of hydrogen-bond acceptors (Lipinski definition) is 7. The topological polar surface area (TPSA) is 135 Å². The molecule has 1 aliphatic rings. The summed E-state index contributed by atoms with van der Waals surface area (Å²) in [6.07, 6.45) is 0.154. The number of carbonyl (C=O) groups is 2. The molecule has 0 spiro atoms. The lowest BCUT2D eigenvalue weighted by Crippen LogP contribution is -2.55. The molecule has 1 aliphatic heterocycles. The number of rotatable bonds is 7. The van der Waals surface area contributed by atoms with Crippen molar-refractivity contribution < 1.29 is 19.1 Å². The molecule has 0 aromatic carbocycles. The van der Waals surface area contributed by atoms with E-state index in [9.17, 15) is 14.7 Å². The summed E-state index contributed by atoms with van der Waals surface area (Å²) in [5.74, 6) is -0.138. The number of carbonyl (C=O) groups excluding carboxylic acids is 2. The van der Waals surface area contributed by atoms with Gasteiger partial charge in [-0.3, -0.25) is 9.59 Å². The number of aliphatic hydroxyl groups is 1. The first-order valence-corrected chi connectivity index (χ1v) is 10.7. The first-order chi connectivity index (χ1) is 13.8. The van der Waals surface area contributed by atoms with Crippen LogP contribution in [0.1, 0.15) is 79.2 Å². The van der Waals surface area contributed by atoms with Gasteiger partial charge in [0.1, 0.15) is 6.04 Å². The monoisotopic (exact) mass is 423 g/mol. The van der Waals surface area contributed by atoms with Gasteiger partial charge in [-0.1, -0.05) is 48.5 Å². The molecule has 1 fully saturated rings. The standard InChI is InChI=1S/C21H37N5O4/c1-11(2)14(22)19(29)26-10-8-9-13(26)17(28)23-15(12(3)4)16(27)18-24-25-20(30-18)21(5,6)7/h11-16,27H,8-10,22H2,1-7H3,(H,23,28)/t13-,14-,15-,16?/m0/s1. The molecule has 30 heavy (non-hydrogen) atoms. The molecular formula is C21H37N5O4. The van der Waals surface area contributed by atoms with Crippen LogP contribution in [-0.4, -0.2) is 56.7 Å². The summed E-state index contributed by atoms with van der Waals surface area (Å²) in [7, 11) is 0. The van der Waals surface area contributed by atoms with Crippen molar-refractivity contribution in [1.82, 2.24) is 20.4 Å². The van der Waals surface area contributed by atoms with E-state index in [1.54, 1.807) is 4.90 Å². The zero-order valence-corrected chi connectivity index (χ0v) is 19.2. The van der Waals surface area contributed by atoms with E-state index in [1.165, 1.54) is 0 Å². The minimum absolute atomic E-state index is 0.0124. The van der Waals surface area contributed by atoms with Gasteiger partial charge in [-0.2, -0.15) is 0 Å². The summed E-state index contributed by atoms with van der Waals surface area (Å²) in [6, 6.07) is -1.87. The predicted molar refractivity (Wildman–Crippen MR) is 112 cm³/mol. The van der Waals surface area contributed by atoms with E-state index < -0.39 is 24.2 Å². The van der Waals surface area contributed by atoms with E-state index in [1.807, 2.05) is 48.5 Å². The third kappa shape index (κ3) is 5.37. The first kappa shape index (κ1) is 24.3. The number of likely N-dealkylation sites (tertiary alicyclic amines) is 1. The molecule has 2 heterocycles. The van der Waals surface area contributed by atoms with Crippen molar-refractivity contribution in [2.24, 2.45) is 17.6 Å². The Balaban J connectivity index is 2.15. The molecule has 2 amide bonds. The fourth-order valence-corrected chi connectivity index (χ4v) is 3.46. The highest BCUT2D eigenvalue weighted by Crippen LogP contribution is 2.27. The van der Waals surface area contributed by atoms with Crippen molar-refractivity contribution >= 4 is 11.8 Å². The number of aliphatic hydroxyl groups excluding tert-OH is 1. The number of nitrogens with one attached hydrogen (secondary N) is 1. The molecule has 1 aromatic rings. The summed E-state index contributed by atoms with van der Waals surface area (Å²) >= 11 is 0. The van der Waals surface area contributed by atoms with Crippen LogP contribution in [0.2, 0.25) is 0 Å². The van der Waals surface area contributed by atoms with Gasteiger partial charge in [0.15, 0.2) is 6.10 Å². The second kappa shape index (κ2) is 9.43. The Morgan fingerprint density at radius 3 is 2.33 bits per heavy atom. The highest BCUT2D eigenvalue weighted by molar-refractivity contribution is 5.90. The van der Waals surface area contributed by atoms with Gasteiger partial charge in [-0.15, -0.1) is 10.2 Å². The molecule has 1 aromatic heterocycles. The molecule has 0 bridgehead atoms. The van der Waals surface area contributed by atoms with Crippen molar-refractivity contribution in [3.05, 3.63) is 11.8 Å². The van der Waals surface area contributed by atoms with Crippen LogP contribution in [0.4, 0.5) is 0 Å². The molecule has 0 radical (unpaired) electrons. The molecule has 1 unspecified atom stereocenters. The van der Waals surface area contributed by atoms with E-state index in [0.717, 1.165) is 6.42 Å². The van der Waals surface area contributed by atoms with Crippen LogP contribution < -0.4 is 11.1 Å². The maximum Gasteiger partial charge on any atom is 0.247 e. The average Bonchev–Trinajstić information content (AvgIpc) is 3.32. The molecule has 1 saturated heterocycles. The van der Waals surface area contributed by atoms with Crippen molar-refractivity contribution in [3.8, 4) is 0 Å². The lowest BCUT2D eigenvalue weighted by molar-refractivity contribution is -0.140. The Bertz CT molecular complexity index is 740. The zero-order chi connectivity index (χ0) is 22.8. The molecule has 9 heteroatoms. The quantitative estimate of drug-likeness (QED) is 0.605. The van der Waals surface area contributed by atoms with Gasteiger partial charge < -0.3 is 25.5 Å². The summed E-state index contributed by atoms with van der Waals surface area (Å²) < 4.78 is 5.66. The largest absolute Gasteiger partial charge is 0.422 e. The van der Waals surface area contributed by atoms with E-state index >= 15 is 0 Å². The van der Waals surface area contributed by atoms with Crippen LogP contribution in [0.5, 0.6) is 0 Å². The van der Waals surface area contributed by atoms with Crippen LogP contribution >= 0.6 is 0 Å². The fraction of sp³-hybridized carbons (Fsp3) is 0.810. The van der Waals surface area contributed by atoms with Gasteiger partial charge in [0.05, 0.1) is 12.1 Å². The van der Waals surface area contributed by atoms with E-state index in [0.29, 0.717) is 18.9 Å². The van der Waals surface area contributed by atoms with Gasteiger partial charge >= 0.3 is 0 Å². The number of aromatic nitrogens is 2. The van der Waals surface area contributed by atoms with Gasteiger partial charge in [0.25, 0.3) is 0 Å². The zero-order valence-electron chi connectivity index (χ0n) is 19.2. The van der Waals surface area contributed by atoms with Crippen LogP contribution in [0.3, 0.4) is 0 Å². The summed E-state index contributed by atoms with van der Waals surface area (Å²) in [5.41, 5.74) is 5.68. The first-order valence-electron chi connectivity index (χ1n) is 10.7. The molecule has 0 aliphatic carbocycles. The molecular weight excluding hydrogens is 386 g/mol. The van der Waals surface area contributed by atoms with Crippen LogP contribution in [-0.2, 0) is 15.0 Å². The van der Waals surface area contributed by atoms with Crippen molar-refractivity contribution in [2.45, 2.75) is 91.0 Å². The highest BCUT2D eigenvalue weighted by atomic mass is 16.4.